The van der Waals surface area contributed by atoms with E-state index in [2.05, 4.69) is 4.74 Å². The first-order valence-corrected chi connectivity index (χ1v) is 15.6. The van der Waals surface area contributed by atoms with Gasteiger partial charge >= 0.3 is 59.7 Å². The molecule has 0 saturated carbocycles. The van der Waals surface area contributed by atoms with E-state index in [1.807, 2.05) is 0 Å². The Morgan fingerprint density at radius 2 is 1.00 bits per heavy atom. The molecule has 0 fully saturated rings. The van der Waals surface area contributed by atoms with Crippen molar-refractivity contribution >= 4 is 39.2 Å². The van der Waals surface area contributed by atoms with E-state index in [4.69, 9.17) is 33.2 Å². The third-order valence-corrected chi connectivity index (χ3v) is 7.87. The molecule has 0 aromatic heterocycles. The van der Waals surface area contributed by atoms with Gasteiger partial charge in [0.25, 0.3) is 0 Å². The average Bonchev–Trinajstić information content (AvgIpc) is 2.82. The first kappa shape index (κ1) is 39.5. The van der Waals surface area contributed by atoms with Crippen LogP contribution in [0.3, 0.4) is 0 Å². The number of benzene rings is 1. The van der Waals surface area contributed by atoms with Crippen LogP contribution in [0, 0.1) is 0 Å². The van der Waals surface area contributed by atoms with Crippen LogP contribution >= 0.6 is 33.2 Å². The maximum atomic E-state index is 14.1. The minimum absolute atomic E-state index is 0.0846. The molecule has 0 aliphatic rings. The minimum Gasteiger partial charge on any atom is -0.429 e. The molecule has 0 bridgehead atoms. The maximum absolute atomic E-state index is 14.1. The summed E-state index contributed by atoms with van der Waals surface area (Å²) in [6.45, 7) is 0. The van der Waals surface area contributed by atoms with Crippen LogP contribution in [0.4, 0.5) is 83.4 Å². The predicted octanol–water partition coefficient (Wildman–Crippen LogP) is 10.8. The number of para-hydroxylation sites is 1. The molecule has 1 aromatic rings. The van der Waals surface area contributed by atoms with Crippen molar-refractivity contribution in [3.8, 4) is 5.75 Å². The van der Waals surface area contributed by atoms with Crippen molar-refractivity contribution in [3.05, 3.63) is 41.7 Å². The summed E-state index contributed by atoms with van der Waals surface area (Å²) < 4.78 is 258. The van der Waals surface area contributed by atoms with E-state index in [9.17, 15) is 83.4 Å². The van der Waals surface area contributed by atoms with Gasteiger partial charge in [0.05, 0.1) is 0 Å². The molecule has 24 heteroatoms. The highest BCUT2D eigenvalue weighted by atomic mass is 35.8. The Morgan fingerprint density at radius 3 is 1.42 bits per heavy atom. The average molecular weight is 750 g/mol. The van der Waals surface area contributed by atoms with Gasteiger partial charge in [-0.2, -0.15) is 83.4 Å². The Morgan fingerprint density at radius 1 is 0.605 bits per heavy atom. The molecule has 1 aromatic carbocycles. The summed E-state index contributed by atoms with van der Waals surface area (Å²) >= 11 is 16.8. The molecule has 250 valence electrons. The third kappa shape index (κ3) is 6.87. The van der Waals surface area contributed by atoms with Crippen LogP contribution in [0.1, 0.15) is 12.0 Å². The Kier molecular flexibility index (Phi) is 11.1. The molecule has 0 aliphatic heterocycles. The fraction of sp³-hybridized carbons (Fsp3) is 0.579. The number of aryl methyl sites for hydroxylation is 1. The van der Waals surface area contributed by atoms with Crippen LogP contribution in [-0.4, -0.2) is 53.6 Å². The first-order valence-electron chi connectivity index (χ1n) is 10.4. The fourth-order valence-electron chi connectivity index (χ4n) is 2.86. The molecule has 0 saturated heterocycles. The normalized spacial score (nSPS) is 15.9. The van der Waals surface area contributed by atoms with E-state index >= 15 is 0 Å². The topological polar surface area (TPSA) is 9.23 Å². The number of halogens is 22. The molecule has 0 radical (unpaired) electrons. The van der Waals surface area contributed by atoms with E-state index < -0.39 is 71.2 Å². The van der Waals surface area contributed by atoms with Gasteiger partial charge < -0.3 is 4.74 Å². The molecule has 1 rings (SSSR count). The van der Waals surface area contributed by atoms with Crippen LogP contribution in [0.2, 0.25) is 6.04 Å². The summed E-state index contributed by atoms with van der Waals surface area (Å²) in [5.74, 6) is -65.6. The summed E-state index contributed by atoms with van der Waals surface area (Å²) in [6, 6.07) is -3.39. The quantitative estimate of drug-likeness (QED) is 0.0845. The molecule has 43 heavy (non-hydrogen) atoms. The van der Waals surface area contributed by atoms with Crippen LogP contribution < -0.4 is 4.74 Å². The summed E-state index contributed by atoms with van der Waals surface area (Å²) in [5.41, 5.74) is -0.298. The lowest BCUT2D eigenvalue weighted by Crippen LogP contribution is -2.74. The summed E-state index contributed by atoms with van der Waals surface area (Å²) in [4.78, 5) is 0. The van der Waals surface area contributed by atoms with Crippen molar-refractivity contribution in [1.82, 2.24) is 0 Å². The number of hydrogen-bond acceptors (Lipinski definition) is 1. The lowest BCUT2D eigenvalue weighted by atomic mass is 9.88. The lowest BCUT2D eigenvalue weighted by molar-refractivity contribution is -0.460. The minimum atomic E-state index is -8.94. The van der Waals surface area contributed by atoms with Crippen molar-refractivity contribution < 1.29 is 88.2 Å². The highest BCUT2D eigenvalue weighted by Crippen LogP contribution is 2.64. The van der Waals surface area contributed by atoms with Gasteiger partial charge in [0.1, 0.15) is 5.75 Å². The van der Waals surface area contributed by atoms with Gasteiger partial charge in [0, 0.05) is 0 Å². The van der Waals surface area contributed by atoms with Crippen LogP contribution in [-0.2, 0) is 6.42 Å². The number of allylic oxidation sites excluding steroid dienone is 1. The molecule has 0 heterocycles. The predicted molar refractivity (Wildman–Crippen MR) is 113 cm³/mol. The first-order chi connectivity index (χ1) is 18.8. The number of ether oxygens (including phenoxy) is 1. The molecule has 0 unspecified atom stereocenters. The number of hydrogen-bond donors (Lipinski definition) is 0. The van der Waals surface area contributed by atoms with E-state index in [1.54, 1.807) is 0 Å². The Bertz CT molecular complexity index is 1180. The van der Waals surface area contributed by atoms with Gasteiger partial charge in [-0.3, -0.25) is 0 Å². The van der Waals surface area contributed by atoms with Crippen molar-refractivity contribution in [2.45, 2.75) is 66.5 Å². The van der Waals surface area contributed by atoms with Crippen molar-refractivity contribution in [1.29, 1.82) is 0 Å². The van der Waals surface area contributed by atoms with Gasteiger partial charge in [-0.1, -0.05) is 18.2 Å². The van der Waals surface area contributed by atoms with Crippen LogP contribution in [0.25, 0.3) is 0 Å². The van der Waals surface area contributed by atoms with E-state index in [-0.39, 0.29) is 24.4 Å². The SMILES string of the molecule is FC(Oc1ccccc1CCC[Si](Cl)(Cl)Cl)=C(F)C(F)(F)C(F)(F)C(F)(F)C(F)(F)C(F)(F)C(F)(F)C(F)(F)C(F)(F)F. The number of rotatable bonds is 13. The lowest BCUT2D eigenvalue weighted by Gasteiger charge is -2.42. The standard InChI is InChI=1S/C19H10Cl3F19OSi/c20-43(21,22)7-3-5-8-4-1-2-6-9(8)42-11(24)10(23)12(25,26)13(27,28)14(29,30)15(31,32)16(33,34)17(35,36)18(37,38)19(39,40)41/h1-2,4,6H,3,5,7H2. The molecule has 0 aliphatic carbocycles. The zero-order valence-electron chi connectivity index (χ0n) is 19.7. The second kappa shape index (κ2) is 12.0. The van der Waals surface area contributed by atoms with Gasteiger partial charge in [-0.15, -0.1) is 33.2 Å². The Balaban J connectivity index is 3.58. The maximum Gasteiger partial charge on any atom is 0.460 e. The second-order valence-corrected chi connectivity index (χ2v) is 17.6. The van der Waals surface area contributed by atoms with E-state index in [1.165, 1.54) is 0 Å². The molecular formula is C19H10Cl3F19OSi. The highest BCUT2D eigenvalue weighted by molar-refractivity contribution is 7.64. The van der Waals surface area contributed by atoms with Crippen molar-refractivity contribution in [2.24, 2.45) is 0 Å². The Labute approximate surface area is 241 Å². The third-order valence-electron chi connectivity index (χ3n) is 5.25. The van der Waals surface area contributed by atoms with Crippen molar-refractivity contribution in [3.63, 3.8) is 0 Å². The van der Waals surface area contributed by atoms with E-state index in [0.29, 0.717) is 6.07 Å². The molecular weight excluding hydrogens is 740 g/mol. The van der Waals surface area contributed by atoms with Gasteiger partial charge in [0.15, 0.2) is 0 Å². The van der Waals surface area contributed by atoms with Crippen molar-refractivity contribution in [2.75, 3.05) is 0 Å². The largest absolute Gasteiger partial charge is 0.460 e. The molecule has 0 amide bonds. The molecule has 0 N–H and O–H groups in total. The highest BCUT2D eigenvalue weighted by Gasteiger charge is 2.95. The smallest absolute Gasteiger partial charge is 0.429 e. The molecule has 1 nitrogen and oxygen atoms in total. The molecule has 0 spiro atoms. The number of alkyl halides is 17. The zero-order valence-corrected chi connectivity index (χ0v) is 22.9. The monoisotopic (exact) mass is 748 g/mol. The fourth-order valence-corrected chi connectivity index (χ4v) is 4.64. The Hall–Kier alpha value is -1.48. The molecule has 0 atom stereocenters. The summed E-state index contributed by atoms with van der Waals surface area (Å²) in [7, 11) is 0. The summed E-state index contributed by atoms with van der Waals surface area (Å²) in [5, 5.41) is 0. The van der Waals surface area contributed by atoms with Gasteiger partial charge in [-0.25, -0.2) is 0 Å². The second-order valence-electron chi connectivity index (χ2n) is 8.28. The van der Waals surface area contributed by atoms with Gasteiger partial charge in [0.2, 0.25) is 5.83 Å². The van der Waals surface area contributed by atoms with Crippen LogP contribution in [0.5, 0.6) is 5.75 Å². The zero-order chi connectivity index (χ0) is 34.5. The van der Waals surface area contributed by atoms with E-state index in [0.717, 1.165) is 18.2 Å². The van der Waals surface area contributed by atoms with Gasteiger partial charge in [-0.05, 0) is 30.5 Å². The van der Waals surface area contributed by atoms with Crippen LogP contribution in [0.15, 0.2) is 36.1 Å². The summed E-state index contributed by atoms with van der Waals surface area (Å²) in [6.07, 6.45) is -8.32.